The molecule has 2 nitrogen and oxygen atoms in total. The lowest BCUT2D eigenvalue weighted by atomic mass is 10.2. The number of terminal acetylenes is 1. The average Bonchev–Trinajstić information content (AvgIpc) is 2.67. The zero-order chi connectivity index (χ0) is 9.80. The Labute approximate surface area is 83.2 Å². The van der Waals surface area contributed by atoms with Crippen LogP contribution < -0.4 is 0 Å². The van der Waals surface area contributed by atoms with Gasteiger partial charge in [0.2, 0.25) is 0 Å². The van der Waals surface area contributed by atoms with Crippen molar-refractivity contribution in [3.05, 3.63) is 54.1 Å². The van der Waals surface area contributed by atoms with E-state index >= 15 is 0 Å². The molecule has 0 spiro atoms. The molecule has 0 unspecified atom stereocenters. The lowest BCUT2D eigenvalue weighted by Crippen LogP contribution is -2.00. The van der Waals surface area contributed by atoms with Crippen molar-refractivity contribution in [3.8, 4) is 12.3 Å². The van der Waals surface area contributed by atoms with Crippen molar-refractivity contribution in [2.75, 3.05) is 0 Å². The van der Waals surface area contributed by atoms with Gasteiger partial charge in [0, 0.05) is 6.54 Å². The van der Waals surface area contributed by atoms with E-state index in [4.69, 9.17) is 6.42 Å². The Morgan fingerprint density at radius 2 is 2.07 bits per heavy atom. The molecule has 14 heavy (non-hydrogen) atoms. The van der Waals surface area contributed by atoms with E-state index in [9.17, 15) is 0 Å². The van der Waals surface area contributed by atoms with Crippen LogP contribution in [-0.4, -0.2) is 9.55 Å². The van der Waals surface area contributed by atoms with Gasteiger partial charge in [-0.15, -0.1) is 6.42 Å². The van der Waals surface area contributed by atoms with E-state index in [0.717, 1.165) is 12.2 Å². The molecule has 2 rings (SSSR count). The molecule has 0 saturated carbocycles. The first kappa shape index (κ1) is 8.58. The van der Waals surface area contributed by atoms with E-state index in [1.807, 2.05) is 22.8 Å². The monoisotopic (exact) mass is 182 g/mol. The summed E-state index contributed by atoms with van der Waals surface area (Å²) in [6, 6.07) is 10.2. The second kappa shape index (κ2) is 3.80. The molecule has 2 aromatic rings. The number of rotatable bonds is 2. The third kappa shape index (κ3) is 1.67. The first-order valence-corrected chi connectivity index (χ1v) is 4.41. The molecule has 0 atom stereocenters. The third-order valence-electron chi connectivity index (χ3n) is 2.06. The SMILES string of the molecule is C#Cc1cncn1Cc1ccccc1. The van der Waals surface area contributed by atoms with Crippen LogP contribution in [0.4, 0.5) is 0 Å². The van der Waals surface area contributed by atoms with Crippen LogP contribution in [-0.2, 0) is 6.54 Å². The van der Waals surface area contributed by atoms with E-state index in [1.165, 1.54) is 5.56 Å². The minimum absolute atomic E-state index is 0.778. The summed E-state index contributed by atoms with van der Waals surface area (Å²) in [5, 5.41) is 0. The predicted octanol–water partition coefficient (Wildman–Crippen LogP) is 1.91. The molecule has 68 valence electrons. The number of benzene rings is 1. The highest BCUT2D eigenvalue weighted by Crippen LogP contribution is 2.04. The molecule has 0 aliphatic carbocycles. The van der Waals surface area contributed by atoms with Crippen LogP contribution in [0.5, 0.6) is 0 Å². The Bertz CT molecular complexity index is 449. The molecule has 0 aliphatic rings. The topological polar surface area (TPSA) is 17.8 Å². The highest BCUT2D eigenvalue weighted by Gasteiger charge is 1.98. The number of aromatic nitrogens is 2. The van der Waals surface area contributed by atoms with E-state index in [1.54, 1.807) is 12.5 Å². The number of hydrogen-bond donors (Lipinski definition) is 0. The number of hydrogen-bond acceptors (Lipinski definition) is 1. The van der Waals surface area contributed by atoms with Gasteiger partial charge in [-0.25, -0.2) is 4.98 Å². The van der Waals surface area contributed by atoms with E-state index < -0.39 is 0 Å². The van der Waals surface area contributed by atoms with Crippen molar-refractivity contribution in [1.82, 2.24) is 9.55 Å². The third-order valence-corrected chi connectivity index (χ3v) is 2.06. The van der Waals surface area contributed by atoms with Crippen LogP contribution >= 0.6 is 0 Å². The summed E-state index contributed by atoms with van der Waals surface area (Å²) in [7, 11) is 0. The molecule has 0 amide bonds. The first-order valence-electron chi connectivity index (χ1n) is 4.41. The van der Waals surface area contributed by atoms with E-state index in [-0.39, 0.29) is 0 Å². The van der Waals surface area contributed by atoms with Gasteiger partial charge in [0.25, 0.3) is 0 Å². The zero-order valence-electron chi connectivity index (χ0n) is 7.72. The van der Waals surface area contributed by atoms with E-state index in [2.05, 4.69) is 23.0 Å². The van der Waals surface area contributed by atoms with Gasteiger partial charge >= 0.3 is 0 Å². The molecule has 0 aliphatic heterocycles. The first-order chi connectivity index (χ1) is 6.90. The van der Waals surface area contributed by atoms with Gasteiger partial charge in [-0.1, -0.05) is 36.3 Å². The van der Waals surface area contributed by atoms with Crippen LogP contribution in [0.1, 0.15) is 11.3 Å². The molecular weight excluding hydrogens is 172 g/mol. The Morgan fingerprint density at radius 1 is 1.29 bits per heavy atom. The maximum atomic E-state index is 5.34. The molecule has 0 bridgehead atoms. The van der Waals surface area contributed by atoms with Gasteiger partial charge in [0.15, 0.2) is 0 Å². The summed E-state index contributed by atoms with van der Waals surface area (Å²) in [6.07, 6.45) is 8.79. The van der Waals surface area contributed by atoms with Gasteiger partial charge in [-0.05, 0) is 5.56 Å². The molecule has 2 heteroatoms. The quantitative estimate of drug-likeness (QED) is 0.649. The van der Waals surface area contributed by atoms with Gasteiger partial charge in [0.05, 0.1) is 12.5 Å². The van der Waals surface area contributed by atoms with Crippen molar-refractivity contribution < 1.29 is 0 Å². The van der Waals surface area contributed by atoms with Gasteiger partial charge in [-0.3, -0.25) is 0 Å². The summed E-state index contributed by atoms with van der Waals surface area (Å²) in [5.41, 5.74) is 2.04. The van der Waals surface area contributed by atoms with Crippen molar-refractivity contribution in [2.24, 2.45) is 0 Å². The van der Waals surface area contributed by atoms with E-state index in [0.29, 0.717) is 0 Å². The van der Waals surface area contributed by atoms with Crippen LogP contribution in [0.15, 0.2) is 42.9 Å². The number of nitrogens with zero attached hydrogens (tertiary/aromatic N) is 2. The standard InChI is InChI=1S/C12H10N2/c1-2-12-8-13-10-14(12)9-11-6-4-3-5-7-11/h1,3-8,10H,9H2. The normalized spacial score (nSPS) is 9.64. The minimum atomic E-state index is 0.778. The van der Waals surface area contributed by atoms with Crippen LogP contribution in [0.2, 0.25) is 0 Å². The Kier molecular flexibility index (Phi) is 2.33. The van der Waals surface area contributed by atoms with Crippen molar-refractivity contribution in [2.45, 2.75) is 6.54 Å². The molecule has 0 fully saturated rings. The van der Waals surface area contributed by atoms with Crippen molar-refractivity contribution >= 4 is 0 Å². The molecular formula is C12H10N2. The zero-order valence-corrected chi connectivity index (χ0v) is 7.72. The van der Waals surface area contributed by atoms with Gasteiger partial charge < -0.3 is 4.57 Å². The minimum Gasteiger partial charge on any atom is -0.320 e. The molecule has 0 radical (unpaired) electrons. The molecule has 0 N–H and O–H groups in total. The second-order valence-electron chi connectivity index (χ2n) is 3.04. The molecule has 0 saturated heterocycles. The van der Waals surface area contributed by atoms with Crippen molar-refractivity contribution in [3.63, 3.8) is 0 Å². The van der Waals surface area contributed by atoms with Gasteiger partial charge in [0.1, 0.15) is 5.69 Å². The van der Waals surface area contributed by atoms with Crippen molar-refractivity contribution in [1.29, 1.82) is 0 Å². The molecule has 1 aromatic heterocycles. The average molecular weight is 182 g/mol. The maximum Gasteiger partial charge on any atom is 0.112 e. The number of imidazole rings is 1. The molecule has 1 aromatic carbocycles. The van der Waals surface area contributed by atoms with Crippen LogP contribution in [0.3, 0.4) is 0 Å². The second-order valence-corrected chi connectivity index (χ2v) is 3.04. The Morgan fingerprint density at radius 3 is 2.79 bits per heavy atom. The van der Waals surface area contributed by atoms with Crippen LogP contribution in [0.25, 0.3) is 0 Å². The fourth-order valence-electron chi connectivity index (χ4n) is 1.35. The highest BCUT2D eigenvalue weighted by atomic mass is 15.0. The van der Waals surface area contributed by atoms with Crippen LogP contribution in [0, 0.1) is 12.3 Å². The lowest BCUT2D eigenvalue weighted by molar-refractivity contribution is 0.788. The Balaban J connectivity index is 2.24. The summed E-state index contributed by atoms with van der Waals surface area (Å²) in [6.45, 7) is 0.778. The highest BCUT2D eigenvalue weighted by molar-refractivity contribution is 5.24. The fourth-order valence-corrected chi connectivity index (χ4v) is 1.35. The largest absolute Gasteiger partial charge is 0.320 e. The Hall–Kier alpha value is -2.01. The fraction of sp³-hybridized carbons (Fsp3) is 0.0833. The summed E-state index contributed by atoms with van der Waals surface area (Å²) < 4.78 is 1.95. The summed E-state index contributed by atoms with van der Waals surface area (Å²) in [4.78, 5) is 4.01. The summed E-state index contributed by atoms with van der Waals surface area (Å²) >= 11 is 0. The molecule has 1 heterocycles. The maximum absolute atomic E-state index is 5.34. The lowest BCUT2D eigenvalue weighted by Gasteiger charge is -2.03. The predicted molar refractivity (Wildman–Crippen MR) is 55.7 cm³/mol. The smallest absolute Gasteiger partial charge is 0.112 e. The van der Waals surface area contributed by atoms with Gasteiger partial charge in [-0.2, -0.15) is 0 Å². The summed E-state index contributed by atoms with van der Waals surface area (Å²) in [5.74, 6) is 2.60.